The Hall–Kier alpha value is -1.64. The Morgan fingerprint density at radius 1 is 1.24 bits per heavy atom. The molecule has 3 unspecified atom stereocenters. The number of benzene rings is 1. The van der Waals surface area contributed by atoms with Crippen LogP contribution in [-0.4, -0.2) is 69.7 Å². The van der Waals surface area contributed by atoms with Gasteiger partial charge in [-0.25, -0.2) is 8.42 Å². The summed E-state index contributed by atoms with van der Waals surface area (Å²) >= 11 is 0. The van der Waals surface area contributed by atoms with E-state index in [9.17, 15) is 8.42 Å². The molecule has 2 rings (SSSR count). The van der Waals surface area contributed by atoms with Gasteiger partial charge in [0.2, 0.25) is 0 Å². The molecule has 0 saturated carbocycles. The average molecular weight is 425 g/mol. The van der Waals surface area contributed by atoms with Crippen LogP contribution >= 0.6 is 0 Å². The third-order valence-corrected chi connectivity index (χ3v) is 5.96. The molecule has 0 bridgehead atoms. The van der Waals surface area contributed by atoms with Crippen LogP contribution in [0.2, 0.25) is 0 Å². The molecule has 1 heterocycles. The maximum atomic E-state index is 11.4. The van der Waals surface area contributed by atoms with Gasteiger partial charge in [0.05, 0.1) is 18.0 Å². The van der Waals surface area contributed by atoms with E-state index < -0.39 is 9.84 Å². The summed E-state index contributed by atoms with van der Waals surface area (Å²) in [5.74, 6) is 0.839. The molecular formula is C21H36N4O3S. The molecule has 1 fully saturated rings. The molecule has 0 aliphatic carbocycles. The first-order valence-electron chi connectivity index (χ1n) is 10.3. The van der Waals surface area contributed by atoms with E-state index >= 15 is 0 Å². The van der Waals surface area contributed by atoms with Crippen molar-refractivity contribution >= 4 is 15.8 Å². The molecule has 0 aromatic heterocycles. The van der Waals surface area contributed by atoms with Crippen molar-refractivity contribution in [3.63, 3.8) is 0 Å². The fourth-order valence-electron chi connectivity index (χ4n) is 3.61. The summed E-state index contributed by atoms with van der Waals surface area (Å²) in [5.41, 5.74) is 2.52. The molecule has 1 aliphatic rings. The molecule has 2 N–H and O–H groups in total. The second-order valence-electron chi connectivity index (χ2n) is 8.11. The van der Waals surface area contributed by atoms with E-state index in [1.807, 2.05) is 6.92 Å². The first kappa shape index (κ1) is 23.6. The SMILES string of the molecule is CN=C(NCc1ccccc1CN1CC(C)OC(C)C1)NC(C)CCS(C)(=O)=O. The predicted molar refractivity (Wildman–Crippen MR) is 119 cm³/mol. The molecule has 29 heavy (non-hydrogen) atoms. The minimum absolute atomic E-state index is 0.0162. The average Bonchev–Trinajstić information content (AvgIpc) is 2.63. The van der Waals surface area contributed by atoms with E-state index in [-0.39, 0.29) is 24.0 Å². The number of morpholine rings is 1. The minimum Gasteiger partial charge on any atom is -0.373 e. The van der Waals surface area contributed by atoms with Crippen LogP contribution in [0.4, 0.5) is 0 Å². The van der Waals surface area contributed by atoms with Gasteiger partial charge in [0.1, 0.15) is 9.84 Å². The third-order valence-electron chi connectivity index (χ3n) is 4.98. The van der Waals surface area contributed by atoms with Crippen molar-refractivity contribution in [2.24, 2.45) is 4.99 Å². The highest BCUT2D eigenvalue weighted by Crippen LogP contribution is 2.17. The van der Waals surface area contributed by atoms with Crippen LogP contribution in [0, 0.1) is 0 Å². The number of aliphatic imine (C=N–C) groups is 1. The van der Waals surface area contributed by atoms with Gasteiger partial charge in [-0.2, -0.15) is 0 Å². The highest BCUT2D eigenvalue weighted by Gasteiger charge is 2.22. The maximum Gasteiger partial charge on any atom is 0.191 e. The fourth-order valence-corrected chi connectivity index (χ4v) is 4.39. The number of ether oxygens (including phenoxy) is 1. The van der Waals surface area contributed by atoms with E-state index in [4.69, 9.17) is 4.74 Å². The zero-order valence-electron chi connectivity index (χ0n) is 18.3. The topological polar surface area (TPSA) is 83.0 Å². The van der Waals surface area contributed by atoms with E-state index in [0.29, 0.717) is 18.9 Å². The second kappa shape index (κ2) is 10.9. The lowest BCUT2D eigenvalue weighted by Crippen LogP contribution is -2.45. The fraction of sp³-hybridized carbons (Fsp3) is 0.667. The molecule has 0 radical (unpaired) electrons. The molecule has 1 aromatic rings. The minimum atomic E-state index is -2.96. The highest BCUT2D eigenvalue weighted by atomic mass is 32.2. The van der Waals surface area contributed by atoms with Gasteiger partial charge in [-0.05, 0) is 38.3 Å². The number of sulfone groups is 1. The third kappa shape index (κ3) is 8.72. The van der Waals surface area contributed by atoms with Gasteiger partial charge in [-0.1, -0.05) is 24.3 Å². The predicted octanol–water partition coefficient (Wildman–Crippen LogP) is 1.78. The Kier molecular flexibility index (Phi) is 8.92. The first-order valence-corrected chi connectivity index (χ1v) is 12.3. The lowest BCUT2D eigenvalue weighted by molar-refractivity contribution is -0.0705. The van der Waals surface area contributed by atoms with Gasteiger partial charge in [0.15, 0.2) is 5.96 Å². The van der Waals surface area contributed by atoms with E-state index in [0.717, 1.165) is 19.6 Å². The van der Waals surface area contributed by atoms with Crippen LogP contribution in [0.5, 0.6) is 0 Å². The molecule has 1 aromatic carbocycles. The molecule has 1 aliphatic heterocycles. The molecule has 3 atom stereocenters. The van der Waals surface area contributed by atoms with E-state index in [1.54, 1.807) is 7.05 Å². The summed E-state index contributed by atoms with van der Waals surface area (Å²) in [4.78, 5) is 6.71. The van der Waals surface area contributed by atoms with E-state index in [2.05, 4.69) is 58.6 Å². The quantitative estimate of drug-likeness (QED) is 0.489. The van der Waals surface area contributed by atoms with Crippen molar-refractivity contribution < 1.29 is 13.2 Å². The number of guanidine groups is 1. The van der Waals surface area contributed by atoms with Crippen LogP contribution in [0.15, 0.2) is 29.3 Å². The van der Waals surface area contributed by atoms with Crippen LogP contribution in [0.1, 0.15) is 38.3 Å². The summed E-state index contributed by atoms with van der Waals surface area (Å²) in [6, 6.07) is 8.45. The number of nitrogens with one attached hydrogen (secondary N) is 2. The van der Waals surface area contributed by atoms with Crippen LogP contribution < -0.4 is 10.6 Å². The molecule has 8 heteroatoms. The maximum absolute atomic E-state index is 11.4. The summed E-state index contributed by atoms with van der Waals surface area (Å²) in [6.07, 6.45) is 2.31. The number of rotatable bonds is 8. The Balaban J connectivity index is 1.92. The number of hydrogen-bond acceptors (Lipinski definition) is 5. The molecule has 164 valence electrons. The van der Waals surface area contributed by atoms with Gasteiger partial charge in [-0.3, -0.25) is 9.89 Å². The molecule has 0 amide bonds. The van der Waals surface area contributed by atoms with Gasteiger partial charge < -0.3 is 15.4 Å². The van der Waals surface area contributed by atoms with E-state index in [1.165, 1.54) is 17.4 Å². The number of nitrogens with zero attached hydrogens (tertiary/aromatic N) is 2. The summed E-state index contributed by atoms with van der Waals surface area (Å²) < 4.78 is 28.6. The molecule has 1 saturated heterocycles. The van der Waals surface area contributed by atoms with Gasteiger partial charge in [0.25, 0.3) is 0 Å². The smallest absolute Gasteiger partial charge is 0.191 e. The zero-order chi connectivity index (χ0) is 21.4. The van der Waals surface area contributed by atoms with Crippen molar-refractivity contribution in [3.8, 4) is 0 Å². The van der Waals surface area contributed by atoms with Crippen molar-refractivity contribution in [3.05, 3.63) is 35.4 Å². The first-order chi connectivity index (χ1) is 13.7. The monoisotopic (exact) mass is 424 g/mol. The van der Waals surface area contributed by atoms with Crippen LogP contribution in [0.25, 0.3) is 0 Å². The highest BCUT2D eigenvalue weighted by molar-refractivity contribution is 7.90. The lowest BCUT2D eigenvalue weighted by atomic mass is 10.1. The molecular weight excluding hydrogens is 388 g/mol. The van der Waals surface area contributed by atoms with Crippen LogP contribution in [-0.2, 0) is 27.7 Å². The zero-order valence-corrected chi connectivity index (χ0v) is 19.1. The largest absolute Gasteiger partial charge is 0.373 e. The van der Waals surface area contributed by atoms with Crippen LogP contribution in [0.3, 0.4) is 0 Å². The van der Waals surface area contributed by atoms with Gasteiger partial charge in [0, 0.05) is 45.5 Å². The number of hydrogen-bond donors (Lipinski definition) is 2. The van der Waals surface area contributed by atoms with Crippen molar-refractivity contribution in [1.29, 1.82) is 0 Å². The lowest BCUT2D eigenvalue weighted by Gasteiger charge is -2.35. The van der Waals surface area contributed by atoms with Crippen molar-refractivity contribution in [2.45, 2.75) is 58.5 Å². The standard InChI is InChI=1S/C21H36N4O3S/c1-16(10-11-29(5,26)27)24-21(22-4)23-12-19-8-6-7-9-20(19)15-25-13-17(2)28-18(3)14-25/h6-9,16-18H,10-15H2,1-5H3,(H2,22,23,24). The normalized spacial score (nSPS) is 22.3. The summed E-state index contributed by atoms with van der Waals surface area (Å²) in [6.45, 7) is 9.64. The Morgan fingerprint density at radius 2 is 1.86 bits per heavy atom. The van der Waals surface area contributed by atoms with Gasteiger partial charge in [-0.15, -0.1) is 0 Å². The second-order valence-corrected chi connectivity index (χ2v) is 10.4. The van der Waals surface area contributed by atoms with Gasteiger partial charge >= 0.3 is 0 Å². The molecule has 0 spiro atoms. The molecule has 7 nitrogen and oxygen atoms in total. The Bertz CT molecular complexity index is 772. The Morgan fingerprint density at radius 3 is 2.45 bits per heavy atom. The summed E-state index contributed by atoms with van der Waals surface area (Å²) in [5, 5.41) is 6.62. The van der Waals surface area contributed by atoms with Crippen molar-refractivity contribution in [1.82, 2.24) is 15.5 Å². The summed E-state index contributed by atoms with van der Waals surface area (Å²) in [7, 11) is -1.24. The van der Waals surface area contributed by atoms with Crippen molar-refractivity contribution in [2.75, 3.05) is 32.1 Å². The Labute approximate surface area is 175 Å².